The molecule has 0 aliphatic carbocycles. The van der Waals surface area contributed by atoms with Gasteiger partial charge in [-0.2, -0.15) is 13.2 Å². The molecule has 3 aromatic carbocycles. The molecule has 4 aromatic rings. The Labute approximate surface area is 249 Å². The van der Waals surface area contributed by atoms with Gasteiger partial charge in [-0.3, -0.25) is 19.2 Å². The van der Waals surface area contributed by atoms with Gasteiger partial charge in [0, 0.05) is 23.4 Å². The van der Waals surface area contributed by atoms with Gasteiger partial charge in [0.05, 0.1) is 16.8 Å². The van der Waals surface area contributed by atoms with Crippen molar-refractivity contribution in [1.29, 1.82) is 0 Å². The number of amides is 2. The number of aromatic nitrogens is 2. The van der Waals surface area contributed by atoms with Crippen LogP contribution in [0.15, 0.2) is 90.8 Å². The third-order valence-corrected chi connectivity index (χ3v) is 7.99. The van der Waals surface area contributed by atoms with Gasteiger partial charge in [-0.1, -0.05) is 43.0 Å². The molecule has 2 heterocycles. The maximum Gasteiger partial charge on any atom is 0.416 e. The molecule has 1 aliphatic heterocycles. The zero-order chi connectivity index (χ0) is 31.8. The van der Waals surface area contributed by atoms with E-state index in [2.05, 4.69) is 21.7 Å². The first-order valence-corrected chi connectivity index (χ1v) is 14.8. The first kappa shape index (κ1) is 30.5. The Hall–Kier alpha value is -4.98. The lowest BCUT2D eigenvalue weighted by atomic mass is 9.81. The van der Waals surface area contributed by atoms with Crippen LogP contribution >= 0.6 is 0 Å². The molecule has 0 saturated carbocycles. The van der Waals surface area contributed by atoms with E-state index in [0.29, 0.717) is 22.7 Å². The number of carbonyl (C=O) groups excluding carboxylic acids is 2. The number of sulfonamides is 1. The first-order chi connectivity index (χ1) is 20.8. The number of anilines is 2. The van der Waals surface area contributed by atoms with E-state index < -0.39 is 51.4 Å². The van der Waals surface area contributed by atoms with E-state index in [1.165, 1.54) is 27.8 Å². The third-order valence-electron chi connectivity index (χ3n) is 7.07. The molecule has 44 heavy (non-hydrogen) atoms. The minimum atomic E-state index is -4.72. The second-order valence-corrected chi connectivity index (χ2v) is 11.4. The predicted octanol–water partition coefficient (Wildman–Crippen LogP) is 5.21. The van der Waals surface area contributed by atoms with Gasteiger partial charge in [0.25, 0.3) is 21.8 Å². The van der Waals surface area contributed by atoms with Crippen molar-refractivity contribution < 1.29 is 35.6 Å². The van der Waals surface area contributed by atoms with E-state index in [-0.39, 0.29) is 29.3 Å². The van der Waals surface area contributed by atoms with Crippen molar-refractivity contribution in [2.45, 2.75) is 25.1 Å². The molecule has 1 aliphatic rings. The molecular formula is C30H25F4N5O4S. The van der Waals surface area contributed by atoms with Crippen molar-refractivity contribution in [2.75, 3.05) is 16.2 Å². The fourth-order valence-corrected chi connectivity index (χ4v) is 5.59. The highest BCUT2D eigenvalue weighted by atomic mass is 32.2. The summed E-state index contributed by atoms with van der Waals surface area (Å²) in [5.41, 5.74) is -0.465. The molecule has 228 valence electrons. The van der Waals surface area contributed by atoms with Crippen LogP contribution in [0.1, 0.15) is 39.9 Å². The number of alkyl halides is 3. The van der Waals surface area contributed by atoms with Crippen molar-refractivity contribution >= 4 is 33.5 Å². The normalized spacial score (nSPS) is 16.8. The van der Waals surface area contributed by atoms with Crippen LogP contribution < -0.4 is 14.9 Å². The van der Waals surface area contributed by atoms with Crippen LogP contribution in [0.5, 0.6) is 0 Å². The summed E-state index contributed by atoms with van der Waals surface area (Å²) in [4.78, 5) is 28.9. The number of carbonyl (C=O) groups is 2. The Morgan fingerprint density at radius 1 is 1.05 bits per heavy atom. The van der Waals surface area contributed by atoms with Crippen molar-refractivity contribution in [2.24, 2.45) is 0 Å². The molecule has 0 saturated heterocycles. The van der Waals surface area contributed by atoms with Crippen LogP contribution in [0.2, 0.25) is 0 Å². The molecule has 1 aromatic heterocycles. The summed E-state index contributed by atoms with van der Waals surface area (Å²) >= 11 is 0. The minimum Gasteiger partial charge on any atom is -0.339 e. The fraction of sp³-hybridized carbons (Fsp3) is 0.167. The average molecular weight is 628 g/mol. The smallest absolute Gasteiger partial charge is 0.339 e. The number of halogens is 4. The summed E-state index contributed by atoms with van der Waals surface area (Å²) in [5, 5.41) is 7.74. The van der Waals surface area contributed by atoms with Gasteiger partial charge >= 0.3 is 6.18 Å². The molecule has 0 unspecified atom stereocenters. The molecule has 0 fully saturated rings. The summed E-state index contributed by atoms with van der Waals surface area (Å²) in [7, 11) is -4.15. The lowest BCUT2D eigenvalue weighted by molar-refractivity contribution is -0.137. The number of rotatable bonds is 8. The highest BCUT2D eigenvalue weighted by Gasteiger charge is 2.47. The maximum absolute atomic E-state index is 14.2. The lowest BCUT2D eigenvalue weighted by Crippen LogP contribution is -2.55. The number of fused-ring (bicyclic) bond motifs is 1. The Kier molecular flexibility index (Phi) is 8.04. The van der Waals surface area contributed by atoms with Crippen molar-refractivity contribution in [3.05, 3.63) is 119 Å². The molecule has 0 radical (unpaired) electrons. The number of likely N-dealkylation sites (N-methyl/N-ethyl adjacent to an activating group) is 1. The first-order valence-electron chi connectivity index (χ1n) is 13.2. The monoisotopic (exact) mass is 627 g/mol. The summed E-state index contributed by atoms with van der Waals surface area (Å²) in [5.74, 6) is -3.39. The summed E-state index contributed by atoms with van der Waals surface area (Å²) in [6, 6.07) is 15.8. The fourth-order valence-electron chi connectivity index (χ4n) is 5.09. The highest BCUT2D eigenvalue weighted by molar-refractivity contribution is 7.95. The van der Waals surface area contributed by atoms with Gasteiger partial charge in [-0.15, -0.1) is 5.10 Å². The van der Waals surface area contributed by atoms with Crippen LogP contribution in [0.3, 0.4) is 0 Å². The average Bonchev–Trinajstić information content (AvgIpc) is 3.36. The maximum atomic E-state index is 14.2. The minimum absolute atomic E-state index is 0.0457. The van der Waals surface area contributed by atoms with Gasteiger partial charge in [0.2, 0.25) is 0 Å². The number of benzene rings is 3. The standard InChI is InChI=1S/C30H25F4N5O4S/c1-3-38-28-24(26(37-44(42,43)4-2)36-39(28)22-11-6-5-7-12-22)23(18-13-15-21(31)16-14-18)25(29(38)41)35-27(40)19-9-8-10-20(17-19)30(32,33)34/h4-17,23,25H,2-3H2,1H3,(H,35,40)(H,36,37)/t23-,25-/m0/s1. The van der Waals surface area contributed by atoms with Gasteiger partial charge < -0.3 is 5.32 Å². The van der Waals surface area contributed by atoms with Gasteiger partial charge in [-0.25, -0.2) is 17.5 Å². The predicted molar refractivity (Wildman–Crippen MR) is 155 cm³/mol. The zero-order valence-electron chi connectivity index (χ0n) is 23.0. The molecule has 14 heteroatoms. The molecular weight excluding hydrogens is 602 g/mol. The van der Waals surface area contributed by atoms with Crippen LogP contribution in [0.25, 0.3) is 5.69 Å². The molecule has 0 spiro atoms. The van der Waals surface area contributed by atoms with Gasteiger partial charge in [0.15, 0.2) is 5.82 Å². The number of nitrogens with one attached hydrogen (secondary N) is 2. The van der Waals surface area contributed by atoms with E-state index in [1.54, 1.807) is 37.3 Å². The highest BCUT2D eigenvalue weighted by Crippen LogP contribution is 2.46. The van der Waals surface area contributed by atoms with Gasteiger partial charge in [0.1, 0.15) is 17.7 Å². The van der Waals surface area contributed by atoms with Crippen molar-refractivity contribution in [3.63, 3.8) is 0 Å². The van der Waals surface area contributed by atoms with Crippen molar-refractivity contribution in [1.82, 2.24) is 15.1 Å². The van der Waals surface area contributed by atoms with E-state index in [0.717, 1.165) is 24.3 Å². The van der Waals surface area contributed by atoms with Crippen LogP contribution in [0, 0.1) is 5.82 Å². The number of nitrogens with zero attached hydrogens (tertiary/aromatic N) is 3. The Balaban J connectivity index is 1.74. The zero-order valence-corrected chi connectivity index (χ0v) is 23.9. The molecule has 0 bridgehead atoms. The largest absolute Gasteiger partial charge is 0.416 e. The van der Waals surface area contributed by atoms with Crippen LogP contribution in [-0.4, -0.2) is 42.6 Å². The molecule has 9 nitrogen and oxygen atoms in total. The molecule has 2 atom stereocenters. The topological polar surface area (TPSA) is 113 Å². The van der Waals surface area contributed by atoms with E-state index in [4.69, 9.17) is 0 Å². The van der Waals surface area contributed by atoms with E-state index in [1.807, 2.05) is 0 Å². The quantitative estimate of drug-likeness (QED) is 0.261. The summed E-state index contributed by atoms with van der Waals surface area (Å²) < 4.78 is 83.3. The second kappa shape index (κ2) is 11.6. The lowest BCUT2D eigenvalue weighted by Gasteiger charge is -2.38. The van der Waals surface area contributed by atoms with E-state index in [9.17, 15) is 35.6 Å². The van der Waals surface area contributed by atoms with Crippen molar-refractivity contribution in [3.8, 4) is 5.69 Å². The van der Waals surface area contributed by atoms with E-state index >= 15 is 0 Å². The number of hydrogen-bond donors (Lipinski definition) is 2. The molecule has 5 rings (SSSR count). The second-order valence-electron chi connectivity index (χ2n) is 9.79. The number of para-hydroxylation sites is 1. The molecule has 2 N–H and O–H groups in total. The third kappa shape index (κ3) is 5.80. The van der Waals surface area contributed by atoms with Crippen LogP contribution in [0.4, 0.5) is 29.2 Å². The Morgan fingerprint density at radius 2 is 1.73 bits per heavy atom. The molecule has 2 amide bonds. The Bertz CT molecular complexity index is 1840. The number of hydrogen-bond acceptors (Lipinski definition) is 5. The van der Waals surface area contributed by atoms with Crippen LogP contribution in [-0.2, 0) is 21.0 Å². The Morgan fingerprint density at radius 3 is 2.34 bits per heavy atom. The SMILES string of the molecule is C=CS(=O)(=O)Nc1nn(-c2ccccc2)c2c1[C@H](c1ccc(F)cc1)[C@H](NC(=O)c1cccc(C(F)(F)F)c1)C(=O)N2CC. The summed E-state index contributed by atoms with van der Waals surface area (Å²) in [6.07, 6.45) is -4.72. The van der Waals surface area contributed by atoms with Gasteiger partial charge in [-0.05, 0) is 55.0 Å². The summed E-state index contributed by atoms with van der Waals surface area (Å²) in [6.45, 7) is 5.02.